The molecule has 32 heavy (non-hydrogen) atoms. The average molecular weight is 434 g/mol. The number of nitrogens with one attached hydrogen (secondary N) is 3. The molecule has 9 heteroatoms. The summed E-state index contributed by atoms with van der Waals surface area (Å²) in [6.07, 6.45) is 0.233. The molecule has 0 aliphatic carbocycles. The lowest BCUT2D eigenvalue weighted by molar-refractivity contribution is -0.136. The van der Waals surface area contributed by atoms with Crippen molar-refractivity contribution in [1.29, 1.82) is 0 Å². The molecule has 3 aliphatic rings. The Morgan fingerprint density at radius 2 is 1.94 bits per heavy atom. The predicted octanol–water partition coefficient (Wildman–Crippen LogP) is 1.18. The molecule has 0 aromatic heterocycles. The number of amides is 4. The zero-order valence-electron chi connectivity index (χ0n) is 17.3. The van der Waals surface area contributed by atoms with Crippen LogP contribution in [0.5, 0.6) is 5.75 Å². The van der Waals surface area contributed by atoms with Gasteiger partial charge in [-0.2, -0.15) is 0 Å². The fourth-order valence-corrected chi connectivity index (χ4v) is 4.36. The molecule has 1 atom stereocenters. The van der Waals surface area contributed by atoms with Crippen molar-refractivity contribution in [2.75, 3.05) is 18.5 Å². The van der Waals surface area contributed by atoms with E-state index in [-0.39, 0.29) is 18.4 Å². The number of nitrogens with zero attached hydrogens (tertiary/aromatic N) is 1. The SMILES string of the molecule is O=C1CCC(N2C(=O)c3cccc(CNCc4ccc5c(c4)OCCN5)c3C2=O)C(=O)N1. The summed E-state index contributed by atoms with van der Waals surface area (Å²) in [7, 11) is 0. The van der Waals surface area contributed by atoms with Crippen molar-refractivity contribution in [2.45, 2.75) is 32.0 Å². The molecule has 164 valence electrons. The zero-order chi connectivity index (χ0) is 22.2. The van der Waals surface area contributed by atoms with Crippen molar-refractivity contribution in [1.82, 2.24) is 15.5 Å². The summed E-state index contributed by atoms with van der Waals surface area (Å²) < 4.78 is 5.67. The van der Waals surface area contributed by atoms with Gasteiger partial charge in [-0.3, -0.25) is 29.4 Å². The number of carbonyl (C=O) groups is 4. The van der Waals surface area contributed by atoms with Crippen LogP contribution in [-0.4, -0.2) is 47.7 Å². The van der Waals surface area contributed by atoms with Gasteiger partial charge in [-0.15, -0.1) is 0 Å². The van der Waals surface area contributed by atoms with E-state index >= 15 is 0 Å². The third-order valence-corrected chi connectivity index (χ3v) is 5.92. The fourth-order valence-electron chi connectivity index (χ4n) is 4.36. The van der Waals surface area contributed by atoms with Gasteiger partial charge < -0.3 is 15.4 Å². The van der Waals surface area contributed by atoms with Crippen molar-refractivity contribution in [3.63, 3.8) is 0 Å². The Morgan fingerprint density at radius 3 is 2.78 bits per heavy atom. The smallest absolute Gasteiger partial charge is 0.262 e. The maximum absolute atomic E-state index is 13.1. The van der Waals surface area contributed by atoms with Crippen LogP contribution in [0.15, 0.2) is 36.4 Å². The maximum atomic E-state index is 13.1. The number of benzene rings is 2. The van der Waals surface area contributed by atoms with Crippen LogP contribution in [0.3, 0.4) is 0 Å². The fraction of sp³-hybridized carbons (Fsp3) is 0.304. The molecule has 3 heterocycles. The van der Waals surface area contributed by atoms with E-state index in [1.165, 1.54) is 0 Å². The quantitative estimate of drug-likeness (QED) is 0.605. The largest absolute Gasteiger partial charge is 0.490 e. The molecule has 1 unspecified atom stereocenters. The van der Waals surface area contributed by atoms with Crippen LogP contribution >= 0.6 is 0 Å². The monoisotopic (exact) mass is 434 g/mol. The lowest BCUT2D eigenvalue weighted by Gasteiger charge is -2.27. The minimum atomic E-state index is -0.968. The molecular weight excluding hydrogens is 412 g/mol. The molecule has 0 spiro atoms. The summed E-state index contributed by atoms with van der Waals surface area (Å²) in [6, 6.07) is 10.1. The Labute approximate surface area is 184 Å². The van der Waals surface area contributed by atoms with Crippen molar-refractivity contribution < 1.29 is 23.9 Å². The van der Waals surface area contributed by atoms with Gasteiger partial charge in [0.05, 0.1) is 16.8 Å². The van der Waals surface area contributed by atoms with Crippen LogP contribution < -0.4 is 20.7 Å². The highest BCUT2D eigenvalue weighted by molar-refractivity contribution is 6.24. The number of rotatable bonds is 5. The summed E-state index contributed by atoms with van der Waals surface area (Å²) in [5, 5.41) is 8.81. The first-order chi connectivity index (χ1) is 15.5. The van der Waals surface area contributed by atoms with E-state index in [0.29, 0.717) is 30.8 Å². The first kappa shape index (κ1) is 20.2. The van der Waals surface area contributed by atoms with Gasteiger partial charge in [-0.1, -0.05) is 18.2 Å². The number of piperidine rings is 1. The number of hydrogen-bond donors (Lipinski definition) is 3. The average Bonchev–Trinajstić information content (AvgIpc) is 3.05. The molecule has 0 radical (unpaired) electrons. The van der Waals surface area contributed by atoms with E-state index in [1.807, 2.05) is 18.2 Å². The second kappa shape index (κ2) is 8.08. The van der Waals surface area contributed by atoms with Crippen LogP contribution in [0, 0.1) is 0 Å². The Balaban J connectivity index is 1.31. The van der Waals surface area contributed by atoms with Crippen LogP contribution in [-0.2, 0) is 22.7 Å². The molecule has 1 fully saturated rings. The molecule has 3 N–H and O–H groups in total. The molecule has 3 aliphatic heterocycles. The summed E-state index contributed by atoms with van der Waals surface area (Å²) in [5.41, 5.74) is 3.29. The number of ether oxygens (including phenoxy) is 1. The van der Waals surface area contributed by atoms with E-state index in [2.05, 4.69) is 16.0 Å². The van der Waals surface area contributed by atoms with Gasteiger partial charge in [0.2, 0.25) is 11.8 Å². The van der Waals surface area contributed by atoms with Crippen molar-refractivity contribution in [2.24, 2.45) is 0 Å². The molecule has 2 aromatic rings. The molecule has 0 saturated carbocycles. The lowest BCUT2D eigenvalue weighted by atomic mass is 10.0. The van der Waals surface area contributed by atoms with Gasteiger partial charge in [0.15, 0.2) is 0 Å². The molecule has 2 aromatic carbocycles. The number of imide groups is 2. The first-order valence-corrected chi connectivity index (χ1v) is 10.6. The van der Waals surface area contributed by atoms with Crippen LogP contribution in [0.25, 0.3) is 0 Å². The second-order valence-electron chi connectivity index (χ2n) is 8.00. The minimum Gasteiger partial charge on any atom is -0.490 e. The van der Waals surface area contributed by atoms with E-state index < -0.39 is 29.7 Å². The van der Waals surface area contributed by atoms with Gasteiger partial charge in [0.25, 0.3) is 11.8 Å². The van der Waals surface area contributed by atoms with Gasteiger partial charge in [0, 0.05) is 26.1 Å². The summed E-state index contributed by atoms with van der Waals surface area (Å²) >= 11 is 0. The van der Waals surface area contributed by atoms with E-state index in [9.17, 15) is 19.2 Å². The first-order valence-electron chi connectivity index (χ1n) is 10.6. The number of hydrogen-bond acceptors (Lipinski definition) is 7. The lowest BCUT2D eigenvalue weighted by Crippen LogP contribution is -2.54. The Hall–Kier alpha value is -3.72. The van der Waals surface area contributed by atoms with Gasteiger partial charge in [-0.25, -0.2) is 0 Å². The number of carbonyl (C=O) groups excluding carboxylic acids is 4. The third-order valence-electron chi connectivity index (χ3n) is 5.92. The Morgan fingerprint density at radius 1 is 1.06 bits per heavy atom. The highest BCUT2D eigenvalue weighted by atomic mass is 16.5. The second-order valence-corrected chi connectivity index (χ2v) is 8.00. The maximum Gasteiger partial charge on any atom is 0.262 e. The molecule has 1 saturated heterocycles. The molecule has 9 nitrogen and oxygen atoms in total. The van der Waals surface area contributed by atoms with Crippen molar-refractivity contribution >= 4 is 29.3 Å². The topological polar surface area (TPSA) is 117 Å². The Kier molecular flexibility index (Phi) is 5.10. The third kappa shape index (κ3) is 3.50. The standard InChI is InChI=1S/C23H22N4O5/c28-19-7-6-17(21(29)26-19)27-22(30)15-3-1-2-14(20(15)23(27)31)12-24-11-13-4-5-16-18(10-13)32-9-8-25-16/h1-5,10,17,24-25H,6-9,11-12H2,(H,26,28,29). The highest BCUT2D eigenvalue weighted by Gasteiger charge is 2.45. The van der Waals surface area contributed by atoms with E-state index in [0.717, 1.165) is 28.4 Å². The molecule has 5 rings (SSSR count). The van der Waals surface area contributed by atoms with Crippen LogP contribution in [0.4, 0.5) is 5.69 Å². The summed E-state index contributed by atoms with van der Waals surface area (Å²) in [5.74, 6) is -1.18. The Bertz CT molecular complexity index is 1150. The van der Waals surface area contributed by atoms with Crippen molar-refractivity contribution in [3.05, 3.63) is 58.7 Å². The molecular formula is C23H22N4O5. The van der Waals surface area contributed by atoms with Crippen LogP contribution in [0.1, 0.15) is 44.7 Å². The molecule has 0 bridgehead atoms. The van der Waals surface area contributed by atoms with Gasteiger partial charge in [0.1, 0.15) is 18.4 Å². The van der Waals surface area contributed by atoms with Gasteiger partial charge in [-0.05, 0) is 35.7 Å². The highest BCUT2D eigenvalue weighted by Crippen LogP contribution is 2.30. The molecule has 4 amide bonds. The van der Waals surface area contributed by atoms with E-state index in [4.69, 9.17) is 4.74 Å². The minimum absolute atomic E-state index is 0.0955. The van der Waals surface area contributed by atoms with Crippen molar-refractivity contribution in [3.8, 4) is 5.75 Å². The number of anilines is 1. The van der Waals surface area contributed by atoms with Gasteiger partial charge >= 0.3 is 0 Å². The predicted molar refractivity (Wildman–Crippen MR) is 114 cm³/mol. The zero-order valence-corrected chi connectivity index (χ0v) is 17.3. The normalized spacial score (nSPS) is 19.8. The summed E-state index contributed by atoms with van der Waals surface area (Å²) in [4.78, 5) is 50.7. The summed E-state index contributed by atoms with van der Waals surface area (Å²) in [6.45, 7) is 2.34. The van der Waals surface area contributed by atoms with E-state index in [1.54, 1.807) is 18.2 Å². The number of fused-ring (bicyclic) bond motifs is 2. The van der Waals surface area contributed by atoms with Crippen LogP contribution in [0.2, 0.25) is 0 Å².